The van der Waals surface area contributed by atoms with Crippen LogP contribution in [0.25, 0.3) is 0 Å². The molecule has 5 nitrogen and oxygen atoms in total. The predicted octanol–water partition coefficient (Wildman–Crippen LogP) is 5.88. The van der Waals surface area contributed by atoms with Gasteiger partial charge in [0.05, 0.1) is 5.03 Å². The van der Waals surface area contributed by atoms with Crippen molar-refractivity contribution in [1.82, 2.24) is 4.98 Å². The smallest absolute Gasteiger partial charge is 0.255 e. The van der Waals surface area contributed by atoms with Crippen molar-refractivity contribution in [3.05, 3.63) is 120 Å². The lowest BCUT2D eigenvalue weighted by atomic mass is 10.1. The van der Waals surface area contributed by atoms with Gasteiger partial charge in [-0.3, -0.25) is 9.59 Å². The average molecular weight is 440 g/mol. The SMILES string of the molecule is O=C(Nc1ccc(C(=O)Nc2cccc(CSc3ccccn3)c2)cc1)c1ccccc1. The number of pyridine rings is 1. The van der Waals surface area contributed by atoms with Gasteiger partial charge in [0.15, 0.2) is 0 Å². The molecule has 4 rings (SSSR count). The van der Waals surface area contributed by atoms with Crippen molar-refractivity contribution in [2.24, 2.45) is 0 Å². The number of carbonyl (C=O) groups is 2. The van der Waals surface area contributed by atoms with E-state index < -0.39 is 0 Å². The molecule has 158 valence electrons. The van der Waals surface area contributed by atoms with Gasteiger partial charge in [-0.25, -0.2) is 4.98 Å². The Bertz CT molecular complexity index is 1200. The van der Waals surface area contributed by atoms with Crippen LogP contribution in [0.2, 0.25) is 0 Å². The van der Waals surface area contributed by atoms with Crippen LogP contribution >= 0.6 is 11.8 Å². The van der Waals surface area contributed by atoms with Gasteiger partial charge in [-0.15, -0.1) is 11.8 Å². The van der Waals surface area contributed by atoms with Gasteiger partial charge in [-0.05, 0) is 66.2 Å². The zero-order valence-corrected chi connectivity index (χ0v) is 18.0. The monoisotopic (exact) mass is 439 g/mol. The highest BCUT2D eigenvalue weighted by Gasteiger charge is 2.09. The van der Waals surface area contributed by atoms with Crippen LogP contribution in [0.1, 0.15) is 26.3 Å². The van der Waals surface area contributed by atoms with E-state index in [4.69, 9.17) is 0 Å². The van der Waals surface area contributed by atoms with Crippen LogP contribution in [0.15, 0.2) is 108 Å². The number of hydrogen-bond donors (Lipinski definition) is 2. The third kappa shape index (κ3) is 5.83. The molecule has 0 fully saturated rings. The number of nitrogens with one attached hydrogen (secondary N) is 2. The average Bonchev–Trinajstić information content (AvgIpc) is 2.84. The molecule has 0 aliphatic rings. The molecule has 0 bridgehead atoms. The van der Waals surface area contributed by atoms with Gasteiger partial charge in [0.25, 0.3) is 11.8 Å². The quantitative estimate of drug-likeness (QED) is 0.353. The second-order valence-corrected chi connectivity index (χ2v) is 8.00. The predicted molar refractivity (Wildman–Crippen MR) is 129 cm³/mol. The van der Waals surface area contributed by atoms with Gasteiger partial charge in [0.1, 0.15) is 0 Å². The van der Waals surface area contributed by atoms with Gasteiger partial charge >= 0.3 is 0 Å². The lowest BCUT2D eigenvalue weighted by Crippen LogP contribution is -2.13. The Labute approximate surface area is 190 Å². The molecule has 0 aliphatic heterocycles. The molecular formula is C26H21N3O2S. The Kier molecular flexibility index (Phi) is 6.94. The van der Waals surface area contributed by atoms with Crippen LogP contribution in [0.3, 0.4) is 0 Å². The van der Waals surface area contributed by atoms with Gasteiger partial charge in [-0.1, -0.05) is 36.4 Å². The van der Waals surface area contributed by atoms with Crippen molar-refractivity contribution in [1.29, 1.82) is 0 Å². The summed E-state index contributed by atoms with van der Waals surface area (Å²) in [6.45, 7) is 0. The van der Waals surface area contributed by atoms with Gasteiger partial charge in [-0.2, -0.15) is 0 Å². The Morgan fingerprint density at radius 2 is 1.38 bits per heavy atom. The Morgan fingerprint density at radius 3 is 2.09 bits per heavy atom. The highest BCUT2D eigenvalue weighted by Crippen LogP contribution is 2.22. The van der Waals surface area contributed by atoms with Gasteiger partial charge in [0, 0.05) is 34.5 Å². The number of anilines is 2. The van der Waals surface area contributed by atoms with E-state index >= 15 is 0 Å². The number of rotatable bonds is 7. The number of carbonyl (C=O) groups excluding carboxylic acids is 2. The maximum Gasteiger partial charge on any atom is 0.255 e. The molecule has 0 unspecified atom stereocenters. The fourth-order valence-electron chi connectivity index (χ4n) is 3.03. The third-order valence-electron chi connectivity index (χ3n) is 4.65. The molecule has 2 N–H and O–H groups in total. The van der Waals surface area contributed by atoms with Crippen LogP contribution in [0.5, 0.6) is 0 Å². The number of hydrogen-bond acceptors (Lipinski definition) is 4. The standard InChI is InChI=1S/C26H21N3O2S/c30-25(20-8-2-1-3-9-20)28-22-14-12-21(13-15-22)26(31)29-23-10-6-7-19(17-23)18-32-24-11-4-5-16-27-24/h1-17H,18H2,(H,28,30)(H,29,31). The molecule has 1 heterocycles. The summed E-state index contributed by atoms with van der Waals surface area (Å²) in [6.07, 6.45) is 1.78. The Morgan fingerprint density at radius 1 is 0.688 bits per heavy atom. The minimum atomic E-state index is -0.208. The Hall–Kier alpha value is -3.90. The first-order valence-corrected chi connectivity index (χ1v) is 11.1. The first-order valence-electron chi connectivity index (χ1n) is 10.1. The van der Waals surface area contributed by atoms with Crippen molar-refractivity contribution < 1.29 is 9.59 Å². The summed E-state index contributed by atoms with van der Waals surface area (Å²) in [6, 6.07) is 29.4. The fraction of sp³-hybridized carbons (Fsp3) is 0.0385. The molecule has 0 aliphatic carbocycles. The minimum Gasteiger partial charge on any atom is -0.322 e. The molecule has 0 spiro atoms. The second-order valence-electron chi connectivity index (χ2n) is 7.01. The summed E-state index contributed by atoms with van der Waals surface area (Å²) in [7, 11) is 0. The fourth-order valence-corrected chi connectivity index (χ4v) is 3.83. The summed E-state index contributed by atoms with van der Waals surface area (Å²) in [4.78, 5) is 29.2. The van der Waals surface area contributed by atoms with Crippen molar-refractivity contribution >= 4 is 35.0 Å². The first kappa shape index (κ1) is 21.3. The molecule has 0 radical (unpaired) electrons. The summed E-state index contributed by atoms with van der Waals surface area (Å²) in [5.74, 6) is 0.361. The number of aromatic nitrogens is 1. The number of benzene rings is 3. The van der Waals surface area contributed by atoms with Crippen molar-refractivity contribution in [3.8, 4) is 0 Å². The lowest BCUT2D eigenvalue weighted by molar-refractivity contribution is 0.102. The number of nitrogens with zero attached hydrogens (tertiary/aromatic N) is 1. The Balaban J connectivity index is 1.35. The highest BCUT2D eigenvalue weighted by atomic mass is 32.2. The zero-order chi connectivity index (χ0) is 22.2. The van der Waals surface area contributed by atoms with E-state index in [0.29, 0.717) is 16.8 Å². The first-order chi connectivity index (χ1) is 15.7. The minimum absolute atomic E-state index is 0.191. The van der Waals surface area contributed by atoms with E-state index in [1.54, 1.807) is 54.4 Å². The molecule has 32 heavy (non-hydrogen) atoms. The summed E-state index contributed by atoms with van der Waals surface area (Å²) in [5, 5.41) is 6.72. The van der Waals surface area contributed by atoms with E-state index in [9.17, 15) is 9.59 Å². The van der Waals surface area contributed by atoms with E-state index in [-0.39, 0.29) is 11.8 Å². The van der Waals surface area contributed by atoms with E-state index in [1.165, 1.54) is 0 Å². The molecule has 6 heteroatoms. The second kappa shape index (κ2) is 10.4. The van der Waals surface area contributed by atoms with Gasteiger partial charge < -0.3 is 10.6 Å². The summed E-state index contributed by atoms with van der Waals surface area (Å²) < 4.78 is 0. The van der Waals surface area contributed by atoms with E-state index in [0.717, 1.165) is 22.0 Å². The molecule has 0 saturated heterocycles. The lowest BCUT2D eigenvalue weighted by Gasteiger charge is -2.09. The molecule has 4 aromatic rings. The summed E-state index contributed by atoms with van der Waals surface area (Å²) >= 11 is 1.64. The van der Waals surface area contributed by atoms with Crippen molar-refractivity contribution in [2.45, 2.75) is 10.8 Å². The molecule has 0 atom stereocenters. The maximum absolute atomic E-state index is 12.6. The van der Waals surface area contributed by atoms with Crippen LogP contribution in [-0.2, 0) is 5.75 Å². The maximum atomic E-state index is 12.6. The van der Waals surface area contributed by atoms with Gasteiger partial charge in [0.2, 0.25) is 0 Å². The largest absolute Gasteiger partial charge is 0.322 e. The van der Waals surface area contributed by atoms with Crippen molar-refractivity contribution in [3.63, 3.8) is 0 Å². The topological polar surface area (TPSA) is 71.1 Å². The van der Waals surface area contributed by atoms with Crippen LogP contribution in [-0.4, -0.2) is 16.8 Å². The van der Waals surface area contributed by atoms with Crippen LogP contribution < -0.4 is 10.6 Å². The highest BCUT2D eigenvalue weighted by molar-refractivity contribution is 7.98. The van der Waals surface area contributed by atoms with Crippen molar-refractivity contribution in [2.75, 3.05) is 10.6 Å². The zero-order valence-electron chi connectivity index (χ0n) is 17.2. The molecule has 0 saturated carbocycles. The van der Waals surface area contributed by atoms with E-state index in [2.05, 4.69) is 15.6 Å². The molecular weight excluding hydrogens is 418 g/mol. The molecule has 1 aromatic heterocycles. The van der Waals surface area contributed by atoms with E-state index in [1.807, 2.05) is 60.7 Å². The normalized spacial score (nSPS) is 10.4. The number of amides is 2. The number of thioether (sulfide) groups is 1. The molecule has 3 aromatic carbocycles. The van der Waals surface area contributed by atoms with Crippen LogP contribution in [0.4, 0.5) is 11.4 Å². The molecule has 2 amide bonds. The third-order valence-corrected chi connectivity index (χ3v) is 5.67. The van der Waals surface area contributed by atoms with Crippen LogP contribution in [0, 0.1) is 0 Å². The summed E-state index contributed by atoms with van der Waals surface area (Å²) in [5.41, 5.74) is 3.54.